The SMILES string of the molecule is Cc1nonc1CN(C)C(=O)CCCc1nc(-c2cccnc2)no1. The van der Waals surface area contributed by atoms with Gasteiger partial charge in [-0.15, -0.1) is 0 Å². The Morgan fingerprint density at radius 2 is 2.16 bits per heavy atom. The molecule has 0 radical (unpaired) electrons. The number of pyridine rings is 1. The maximum absolute atomic E-state index is 12.2. The second-order valence-corrected chi connectivity index (χ2v) is 5.65. The van der Waals surface area contributed by atoms with Gasteiger partial charge < -0.3 is 9.42 Å². The van der Waals surface area contributed by atoms with Crippen LogP contribution in [-0.4, -0.2) is 43.3 Å². The van der Waals surface area contributed by atoms with Crippen molar-refractivity contribution >= 4 is 5.91 Å². The van der Waals surface area contributed by atoms with Crippen LogP contribution < -0.4 is 0 Å². The van der Waals surface area contributed by atoms with Crippen molar-refractivity contribution in [2.75, 3.05) is 7.05 Å². The number of hydrogen-bond acceptors (Lipinski definition) is 8. The lowest BCUT2D eigenvalue weighted by Gasteiger charge is -2.15. The van der Waals surface area contributed by atoms with Crippen LogP contribution in [0.4, 0.5) is 0 Å². The van der Waals surface area contributed by atoms with Crippen molar-refractivity contribution in [3.05, 3.63) is 41.8 Å². The van der Waals surface area contributed by atoms with Crippen molar-refractivity contribution in [2.45, 2.75) is 32.7 Å². The van der Waals surface area contributed by atoms with Gasteiger partial charge in [0.25, 0.3) is 0 Å². The number of hydrogen-bond donors (Lipinski definition) is 0. The molecule has 0 aliphatic carbocycles. The highest BCUT2D eigenvalue weighted by Gasteiger charge is 2.14. The van der Waals surface area contributed by atoms with Crippen LogP contribution in [-0.2, 0) is 17.8 Å². The van der Waals surface area contributed by atoms with Gasteiger partial charge in [0.2, 0.25) is 17.6 Å². The topological polar surface area (TPSA) is 111 Å². The standard InChI is InChI=1S/C16H18N6O3/c1-11-13(20-25-19-11)10-22(2)15(23)7-3-6-14-18-16(21-24-14)12-5-4-8-17-9-12/h4-5,8-9H,3,6-7,10H2,1-2H3. The summed E-state index contributed by atoms with van der Waals surface area (Å²) in [7, 11) is 1.73. The third-order valence-electron chi connectivity index (χ3n) is 3.73. The van der Waals surface area contributed by atoms with E-state index in [0.717, 1.165) is 5.56 Å². The third kappa shape index (κ3) is 4.25. The summed E-state index contributed by atoms with van der Waals surface area (Å²) in [4.78, 5) is 22.1. The van der Waals surface area contributed by atoms with Crippen molar-refractivity contribution in [1.82, 2.24) is 30.3 Å². The Morgan fingerprint density at radius 3 is 2.88 bits per heavy atom. The largest absolute Gasteiger partial charge is 0.340 e. The highest BCUT2D eigenvalue weighted by molar-refractivity contribution is 5.75. The van der Waals surface area contributed by atoms with E-state index in [9.17, 15) is 4.79 Å². The van der Waals surface area contributed by atoms with Crippen molar-refractivity contribution in [1.29, 1.82) is 0 Å². The van der Waals surface area contributed by atoms with E-state index in [1.165, 1.54) is 0 Å². The highest BCUT2D eigenvalue weighted by Crippen LogP contribution is 2.15. The predicted molar refractivity (Wildman–Crippen MR) is 86.0 cm³/mol. The normalized spacial score (nSPS) is 10.8. The third-order valence-corrected chi connectivity index (χ3v) is 3.73. The van der Waals surface area contributed by atoms with Gasteiger partial charge in [0, 0.05) is 37.8 Å². The van der Waals surface area contributed by atoms with E-state index in [1.54, 1.807) is 31.3 Å². The zero-order valence-electron chi connectivity index (χ0n) is 14.0. The van der Waals surface area contributed by atoms with Crippen LogP contribution >= 0.6 is 0 Å². The average molecular weight is 342 g/mol. The highest BCUT2D eigenvalue weighted by atomic mass is 16.6. The average Bonchev–Trinajstić information content (AvgIpc) is 3.25. The Morgan fingerprint density at radius 1 is 1.28 bits per heavy atom. The lowest BCUT2D eigenvalue weighted by molar-refractivity contribution is -0.130. The number of aromatic nitrogens is 5. The summed E-state index contributed by atoms with van der Waals surface area (Å²) in [5.74, 6) is 1.01. The van der Waals surface area contributed by atoms with Crippen LogP contribution in [0.3, 0.4) is 0 Å². The molecule has 9 heteroatoms. The monoisotopic (exact) mass is 342 g/mol. The summed E-state index contributed by atoms with van der Waals surface area (Å²) in [6.45, 7) is 2.17. The van der Waals surface area contributed by atoms with Crippen molar-refractivity contribution < 1.29 is 13.9 Å². The van der Waals surface area contributed by atoms with Crippen LogP contribution in [0.2, 0.25) is 0 Å². The Hall–Kier alpha value is -3.10. The smallest absolute Gasteiger partial charge is 0.226 e. The van der Waals surface area contributed by atoms with E-state index >= 15 is 0 Å². The van der Waals surface area contributed by atoms with Gasteiger partial charge in [-0.25, -0.2) is 4.63 Å². The Balaban J connectivity index is 1.47. The minimum absolute atomic E-state index is 0.00870. The molecule has 0 spiro atoms. The first kappa shape index (κ1) is 16.7. The zero-order valence-corrected chi connectivity index (χ0v) is 14.0. The fourth-order valence-electron chi connectivity index (χ4n) is 2.26. The first-order chi connectivity index (χ1) is 12.1. The summed E-state index contributed by atoms with van der Waals surface area (Å²) in [5.41, 5.74) is 2.15. The second kappa shape index (κ2) is 7.65. The van der Waals surface area contributed by atoms with Crippen LogP contribution in [0.5, 0.6) is 0 Å². The summed E-state index contributed by atoms with van der Waals surface area (Å²) in [6, 6.07) is 3.67. The van der Waals surface area contributed by atoms with E-state index < -0.39 is 0 Å². The van der Waals surface area contributed by atoms with E-state index in [1.807, 2.05) is 12.1 Å². The summed E-state index contributed by atoms with van der Waals surface area (Å²) >= 11 is 0. The predicted octanol–water partition coefficient (Wildman–Crippen LogP) is 1.80. The van der Waals surface area contributed by atoms with Gasteiger partial charge in [0.15, 0.2) is 0 Å². The molecule has 0 aliphatic rings. The number of amides is 1. The Kier molecular flexibility index (Phi) is 5.12. The molecule has 0 saturated heterocycles. The van der Waals surface area contributed by atoms with Crippen molar-refractivity contribution in [2.24, 2.45) is 0 Å². The van der Waals surface area contributed by atoms with Crippen LogP contribution in [0.1, 0.15) is 30.1 Å². The van der Waals surface area contributed by atoms with Crippen LogP contribution in [0.15, 0.2) is 33.7 Å². The molecular formula is C16H18N6O3. The molecule has 3 rings (SSSR count). The molecule has 3 aromatic rings. The van der Waals surface area contributed by atoms with E-state index in [0.29, 0.717) is 48.9 Å². The van der Waals surface area contributed by atoms with Gasteiger partial charge in [-0.3, -0.25) is 9.78 Å². The maximum atomic E-state index is 12.2. The number of rotatable bonds is 7. The molecule has 3 heterocycles. The van der Waals surface area contributed by atoms with E-state index in [-0.39, 0.29) is 5.91 Å². The lowest BCUT2D eigenvalue weighted by atomic mass is 10.2. The molecule has 0 N–H and O–H groups in total. The molecule has 9 nitrogen and oxygen atoms in total. The fraction of sp³-hybridized carbons (Fsp3) is 0.375. The number of nitrogens with zero attached hydrogens (tertiary/aromatic N) is 6. The molecule has 1 amide bonds. The number of aryl methyl sites for hydroxylation is 2. The van der Waals surface area contributed by atoms with Gasteiger partial charge in [-0.2, -0.15) is 4.98 Å². The molecule has 0 unspecified atom stereocenters. The summed E-state index contributed by atoms with van der Waals surface area (Å²) in [6.07, 6.45) is 4.90. The maximum Gasteiger partial charge on any atom is 0.226 e. The van der Waals surface area contributed by atoms with Crippen molar-refractivity contribution in [3.63, 3.8) is 0 Å². The number of carbonyl (C=O) groups is 1. The molecular weight excluding hydrogens is 324 g/mol. The lowest BCUT2D eigenvalue weighted by Crippen LogP contribution is -2.26. The molecule has 0 aromatic carbocycles. The van der Waals surface area contributed by atoms with Crippen molar-refractivity contribution in [3.8, 4) is 11.4 Å². The van der Waals surface area contributed by atoms with Gasteiger partial charge >= 0.3 is 0 Å². The second-order valence-electron chi connectivity index (χ2n) is 5.65. The molecule has 0 atom stereocenters. The molecule has 0 bridgehead atoms. The van der Waals surface area contributed by atoms with Crippen LogP contribution in [0, 0.1) is 6.92 Å². The quantitative estimate of drug-likeness (QED) is 0.639. The fourth-order valence-corrected chi connectivity index (χ4v) is 2.26. The Labute approximate surface area is 144 Å². The first-order valence-corrected chi connectivity index (χ1v) is 7.88. The zero-order chi connectivity index (χ0) is 17.6. The summed E-state index contributed by atoms with van der Waals surface area (Å²) in [5, 5.41) is 11.4. The van der Waals surface area contributed by atoms with Gasteiger partial charge in [-0.1, -0.05) is 15.5 Å². The minimum atomic E-state index is 0.00870. The molecule has 0 aliphatic heterocycles. The van der Waals surface area contributed by atoms with Gasteiger partial charge in [-0.05, 0) is 25.5 Å². The molecule has 130 valence electrons. The van der Waals surface area contributed by atoms with E-state index in [4.69, 9.17) is 4.52 Å². The number of carbonyl (C=O) groups excluding carboxylic acids is 1. The summed E-state index contributed by atoms with van der Waals surface area (Å²) < 4.78 is 9.85. The Bertz CT molecular complexity index is 829. The van der Waals surface area contributed by atoms with Gasteiger partial charge in [0.1, 0.15) is 11.4 Å². The first-order valence-electron chi connectivity index (χ1n) is 7.88. The molecule has 0 saturated carbocycles. The van der Waals surface area contributed by atoms with Crippen LogP contribution in [0.25, 0.3) is 11.4 Å². The minimum Gasteiger partial charge on any atom is -0.340 e. The molecule has 0 fully saturated rings. The van der Waals surface area contributed by atoms with E-state index in [2.05, 4.69) is 30.1 Å². The molecule has 3 aromatic heterocycles. The van der Waals surface area contributed by atoms with Gasteiger partial charge in [0.05, 0.1) is 6.54 Å². The molecule has 25 heavy (non-hydrogen) atoms.